The minimum absolute atomic E-state index is 0.131. The lowest BCUT2D eigenvalue weighted by atomic mass is 9.95. The second-order valence-electron chi connectivity index (χ2n) is 10.9. The van der Waals surface area contributed by atoms with Gasteiger partial charge in [0.2, 0.25) is 0 Å². The summed E-state index contributed by atoms with van der Waals surface area (Å²) in [6.07, 6.45) is 1.74. The highest BCUT2D eigenvalue weighted by molar-refractivity contribution is 9.10. The molecule has 3 aromatic carbocycles. The highest BCUT2D eigenvalue weighted by Crippen LogP contribution is 2.39. The second kappa shape index (κ2) is 17.1. The molecule has 0 fully saturated rings. The van der Waals surface area contributed by atoms with Crippen LogP contribution in [0.1, 0.15) is 50.4 Å². The zero-order valence-electron chi connectivity index (χ0n) is 28.6. The molecule has 0 bridgehead atoms. The molecule has 1 aromatic heterocycles. The van der Waals surface area contributed by atoms with Crippen molar-refractivity contribution < 1.29 is 38.0 Å². The third-order valence-corrected chi connectivity index (χ3v) is 9.57. The number of fused-ring (bicyclic) bond motifs is 1. The van der Waals surface area contributed by atoms with Gasteiger partial charge in [0, 0.05) is 10.6 Å². The SMILES string of the molecule is CCOC(=O)C1=C(C)N=c2s/c(=C/c3cc(Br)c(OCc4ccccc4Cl)c(OCC)c3)c(=O)n2[C@@H]1c1ccc(OCC(=O)OC)c(OCC)c1. The summed E-state index contributed by atoms with van der Waals surface area (Å²) in [5, 5.41) is 0.593. The van der Waals surface area contributed by atoms with Crippen LogP contribution in [0.15, 0.2) is 80.1 Å². The number of hydrogen-bond acceptors (Lipinski definition) is 11. The third kappa shape index (κ3) is 8.49. The number of aromatic nitrogens is 1. The summed E-state index contributed by atoms with van der Waals surface area (Å²) in [7, 11) is 1.27. The Labute approximate surface area is 311 Å². The van der Waals surface area contributed by atoms with Gasteiger partial charge in [-0.2, -0.15) is 0 Å². The van der Waals surface area contributed by atoms with Gasteiger partial charge in [-0.05, 0) is 91.2 Å². The molecule has 0 spiro atoms. The number of rotatable bonds is 14. The first kappa shape index (κ1) is 37.7. The average molecular weight is 800 g/mol. The Balaban J connectivity index is 1.60. The Morgan fingerprint density at radius 2 is 1.71 bits per heavy atom. The van der Waals surface area contributed by atoms with Crippen molar-refractivity contribution in [3.05, 3.63) is 112 Å². The van der Waals surface area contributed by atoms with Crippen LogP contribution in [0.2, 0.25) is 5.02 Å². The second-order valence-corrected chi connectivity index (χ2v) is 13.2. The van der Waals surface area contributed by atoms with Crippen LogP contribution in [0.3, 0.4) is 0 Å². The molecule has 5 rings (SSSR count). The fourth-order valence-electron chi connectivity index (χ4n) is 5.38. The largest absolute Gasteiger partial charge is 0.490 e. The van der Waals surface area contributed by atoms with Crippen molar-refractivity contribution in [1.29, 1.82) is 0 Å². The van der Waals surface area contributed by atoms with E-state index in [1.54, 1.807) is 57.2 Å². The van der Waals surface area contributed by atoms with Crippen molar-refractivity contribution in [2.45, 2.75) is 40.3 Å². The molecule has 0 saturated carbocycles. The van der Waals surface area contributed by atoms with E-state index >= 15 is 0 Å². The summed E-state index contributed by atoms with van der Waals surface area (Å²) >= 11 is 11.1. The van der Waals surface area contributed by atoms with Crippen LogP contribution in [0.25, 0.3) is 6.08 Å². The number of nitrogens with zero attached hydrogens (tertiary/aromatic N) is 2. The number of thiazole rings is 1. The van der Waals surface area contributed by atoms with Crippen molar-refractivity contribution in [3.8, 4) is 23.0 Å². The van der Waals surface area contributed by atoms with Crippen LogP contribution in [0.5, 0.6) is 23.0 Å². The molecule has 0 aliphatic carbocycles. The molecule has 0 amide bonds. The Morgan fingerprint density at radius 3 is 2.41 bits per heavy atom. The molecule has 0 unspecified atom stereocenters. The minimum atomic E-state index is -0.900. The number of methoxy groups -OCH3 is 1. The number of carbonyl (C=O) groups is 2. The van der Waals surface area contributed by atoms with E-state index in [4.69, 9.17) is 40.0 Å². The van der Waals surface area contributed by atoms with Crippen LogP contribution < -0.4 is 33.8 Å². The molecule has 0 saturated heterocycles. The molecular formula is C37H36BrClN2O9S. The summed E-state index contributed by atoms with van der Waals surface area (Å²) < 4.78 is 36.2. The third-order valence-electron chi connectivity index (χ3n) is 7.63. The molecule has 1 atom stereocenters. The number of allylic oxidation sites excluding steroid dienone is 1. The predicted molar refractivity (Wildman–Crippen MR) is 197 cm³/mol. The van der Waals surface area contributed by atoms with Crippen molar-refractivity contribution in [1.82, 2.24) is 4.57 Å². The molecule has 0 N–H and O–H groups in total. The van der Waals surface area contributed by atoms with E-state index in [9.17, 15) is 14.4 Å². The Hall–Kier alpha value is -4.59. The maximum atomic E-state index is 14.3. The number of benzene rings is 3. The standard InChI is InChI=1S/C37H36BrClN2O9S/c1-6-46-28-18-23(13-14-27(28)49-20-31(42)45-5)33-32(36(44)48-8-3)21(4)40-37-41(33)35(43)30(51-37)17-22-15-25(38)34(29(16-22)47-7-2)50-19-24-11-9-10-12-26(24)39/h9-18,33H,6-8,19-20H2,1-5H3/b30-17+/t33-/m1/s1. The van der Waals surface area contributed by atoms with Gasteiger partial charge in [-0.25, -0.2) is 14.6 Å². The van der Waals surface area contributed by atoms with E-state index in [-0.39, 0.29) is 31.0 Å². The number of esters is 2. The predicted octanol–water partition coefficient (Wildman–Crippen LogP) is 6.14. The van der Waals surface area contributed by atoms with Crippen LogP contribution in [-0.4, -0.2) is 50.0 Å². The monoisotopic (exact) mass is 798 g/mol. The number of ether oxygens (including phenoxy) is 6. The molecule has 4 aromatic rings. The number of hydrogen-bond donors (Lipinski definition) is 0. The van der Waals surface area contributed by atoms with Crippen molar-refractivity contribution >= 4 is 56.9 Å². The summed E-state index contributed by atoms with van der Waals surface area (Å²) in [6.45, 7) is 7.80. The zero-order chi connectivity index (χ0) is 36.7. The first-order valence-corrected chi connectivity index (χ1v) is 18.1. The topological polar surface area (TPSA) is 124 Å². The molecule has 1 aliphatic rings. The molecule has 11 nitrogen and oxygen atoms in total. The number of carbonyl (C=O) groups excluding carboxylic acids is 2. The lowest BCUT2D eigenvalue weighted by Crippen LogP contribution is -2.40. The number of halogens is 2. The normalized spacial score (nSPS) is 14.0. The van der Waals surface area contributed by atoms with Gasteiger partial charge < -0.3 is 28.4 Å². The zero-order valence-corrected chi connectivity index (χ0v) is 31.8. The van der Waals surface area contributed by atoms with Gasteiger partial charge in [-0.15, -0.1) is 0 Å². The van der Waals surface area contributed by atoms with Crippen LogP contribution in [0.4, 0.5) is 0 Å². The first-order valence-electron chi connectivity index (χ1n) is 16.1. The summed E-state index contributed by atoms with van der Waals surface area (Å²) in [4.78, 5) is 44.5. The van der Waals surface area contributed by atoms with E-state index in [2.05, 4.69) is 20.9 Å². The Bertz CT molecular complexity index is 2160. The minimum Gasteiger partial charge on any atom is -0.490 e. The smallest absolute Gasteiger partial charge is 0.343 e. The van der Waals surface area contributed by atoms with E-state index in [0.29, 0.717) is 71.9 Å². The van der Waals surface area contributed by atoms with Crippen LogP contribution in [0, 0.1) is 0 Å². The maximum absolute atomic E-state index is 14.3. The lowest BCUT2D eigenvalue weighted by Gasteiger charge is -2.25. The van der Waals surface area contributed by atoms with Crippen LogP contribution >= 0.6 is 38.9 Å². The fraction of sp³-hybridized carbons (Fsp3) is 0.297. The summed E-state index contributed by atoms with van der Waals surface area (Å²) in [5.74, 6) is 0.440. The molecular weight excluding hydrogens is 764 g/mol. The molecule has 1 aliphatic heterocycles. The Kier molecular flexibility index (Phi) is 12.6. The van der Waals surface area contributed by atoms with Gasteiger partial charge >= 0.3 is 11.9 Å². The lowest BCUT2D eigenvalue weighted by molar-refractivity contribution is -0.143. The van der Waals surface area contributed by atoms with E-state index < -0.39 is 18.0 Å². The van der Waals surface area contributed by atoms with Gasteiger partial charge in [-0.1, -0.05) is 47.2 Å². The first-order chi connectivity index (χ1) is 24.6. The quantitative estimate of drug-likeness (QED) is 0.138. The average Bonchev–Trinajstić information content (AvgIpc) is 3.40. The molecule has 0 radical (unpaired) electrons. The molecule has 51 heavy (non-hydrogen) atoms. The fourth-order valence-corrected chi connectivity index (χ4v) is 7.19. The van der Waals surface area contributed by atoms with Gasteiger partial charge in [0.1, 0.15) is 6.61 Å². The van der Waals surface area contributed by atoms with Crippen molar-refractivity contribution in [2.75, 3.05) is 33.5 Å². The molecule has 2 heterocycles. The highest BCUT2D eigenvalue weighted by Gasteiger charge is 2.34. The summed E-state index contributed by atoms with van der Waals surface area (Å²) in [6, 6.07) is 15.2. The Morgan fingerprint density at radius 1 is 0.961 bits per heavy atom. The van der Waals surface area contributed by atoms with Gasteiger partial charge in [0.25, 0.3) is 5.56 Å². The van der Waals surface area contributed by atoms with Gasteiger partial charge in [0.15, 0.2) is 34.4 Å². The highest BCUT2D eigenvalue weighted by atomic mass is 79.9. The van der Waals surface area contributed by atoms with Crippen molar-refractivity contribution in [2.24, 2.45) is 4.99 Å². The van der Waals surface area contributed by atoms with E-state index in [1.807, 2.05) is 31.2 Å². The van der Waals surface area contributed by atoms with Crippen LogP contribution in [-0.2, 0) is 25.7 Å². The van der Waals surface area contributed by atoms with Gasteiger partial charge in [0.05, 0.1) is 53.2 Å². The maximum Gasteiger partial charge on any atom is 0.343 e. The summed E-state index contributed by atoms with van der Waals surface area (Å²) in [5.41, 5.74) is 2.30. The molecule has 14 heteroatoms. The van der Waals surface area contributed by atoms with Gasteiger partial charge in [-0.3, -0.25) is 9.36 Å². The van der Waals surface area contributed by atoms with E-state index in [0.717, 1.165) is 5.56 Å². The van der Waals surface area contributed by atoms with E-state index in [1.165, 1.54) is 23.0 Å². The molecule has 268 valence electrons. The van der Waals surface area contributed by atoms with Crippen molar-refractivity contribution in [3.63, 3.8) is 0 Å².